The molecule has 396 valence electrons. The average Bonchev–Trinajstić information content (AvgIpc) is 3.37. The number of para-hydroxylation sites is 2. The summed E-state index contributed by atoms with van der Waals surface area (Å²) in [5.41, 5.74) is 4.50. The molecular formula is C57H63F5N2O8S2. The van der Waals surface area contributed by atoms with Crippen LogP contribution in [-0.2, 0) is 51.7 Å². The summed E-state index contributed by atoms with van der Waals surface area (Å²) in [6.45, 7) is 2.92. The number of hydrogen-bond acceptors (Lipinski definition) is 7. The lowest BCUT2D eigenvalue weighted by atomic mass is 10.0. The van der Waals surface area contributed by atoms with Crippen LogP contribution in [0.2, 0.25) is 0 Å². The second kappa shape index (κ2) is 28.2. The Labute approximate surface area is 431 Å². The first-order valence-corrected chi connectivity index (χ1v) is 27.8. The summed E-state index contributed by atoms with van der Waals surface area (Å²) in [4.78, 5) is 20.9. The van der Waals surface area contributed by atoms with Crippen molar-refractivity contribution in [2.24, 2.45) is 0 Å². The molecule has 74 heavy (non-hydrogen) atoms. The molecule has 0 atom stereocenters. The molecule has 0 spiro atoms. The highest BCUT2D eigenvalue weighted by atomic mass is 32.2. The Bertz CT molecular complexity index is 2990. The smallest absolute Gasteiger partial charge is 0.417 e. The highest BCUT2D eigenvalue weighted by molar-refractivity contribution is 7.93. The maximum absolute atomic E-state index is 13.8. The SMILES string of the molecule is CCCCCCCN(c1ccccc1CCc1ccc(C(=O)O)cc1)S(=O)(=O)c1ccccc1C(F)(F)F.O=C(O)c1ccc(CCc2ccccc2NCCCCCCCS(=O)(=O)c2ccc(F)cc2F)cc1. The lowest BCUT2D eigenvalue weighted by Gasteiger charge is -2.28. The third-order valence-corrected chi connectivity index (χ3v) is 16.1. The van der Waals surface area contributed by atoms with Gasteiger partial charge in [0.05, 0.1) is 33.0 Å². The van der Waals surface area contributed by atoms with Gasteiger partial charge in [0.15, 0.2) is 9.84 Å². The lowest BCUT2D eigenvalue weighted by Crippen LogP contribution is -2.34. The van der Waals surface area contributed by atoms with E-state index < -0.39 is 65.0 Å². The van der Waals surface area contributed by atoms with Crippen molar-refractivity contribution in [1.82, 2.24) is 0 Å². The van der Waals surface area contributed by atoms with Gasteiger partial charge in [0.1, 0.15) is 16.5 Å². The van der Waals surface area contributed by atoms with Crippen LogP contribution in [0, 0.1) is 11.6 Å². The molecule has 0 unspecified atom stereocenters. The Balaban J connectivity index is 0.000000274. The van der Waals surface area contributed by atoms with Gasteiger partial charge < -0.3 is 15.5 Å². The number of carbonyl (C=O) groups is 2. The summed E-state index contributed by atoms with van der Waals surface area (Å²) in [6, 6.07) is 35.1. The molecule has 0 heterocycles. The van der Waals surface area contributed by atoms with Crippen LogP contribution in [-0.4, -0.2) is 57.8 Å². The third-order valence-electron chi connectivity index (χ3n) is 12.4. The van der Waals surface area contributed by atoms with E-state index in [1.54, 1.807) is 48.5 Å². The number of carboxylic acid groups (broad SMARTS) is 2. The zero-order valence-corrected chi connectivity index (χ0v) is 42.9. The normalized spacial score (nSPS) is 11.6. The molecule has 3 N–H and O–H groups in total. The van der Waals surface area contributed by atoms with Gasteiger partial charge in [0.2, 0.25) is 0 Å². The molecule has 0 bridgehead atoms. The van der Waals surface area contributed by atoms with Crippen LogP contribution in [0.4, 0.5) is 33.3 Å². The molecule has 0 aromatic heterocycles. The van der Waals surface area contributed by atoms with E-state index in [4.69, 9.17) is 10.2 Å². The van der Waals surface area contributed by atoms with Crippen molar-refractivity contribution in [3.8, 4) is 0 Å². The van der Waals surface area contributed by atoms with Crippen LogP contribution in [0.3, 0.4) is 0 Å². The van der Waals surface area contributed by atoms with Crippen LogP contribution in [0.1, 0.15) is 120 Å². The Morgan fingerprint density at radius 3 is 1.70 bits per heavy atom. The molecule has 0 amide bonds. The second-order valence-corrected chi connectivity index (χ2v) is 21.8. The van der Waals surface area contributed by atoms with Gasteiger partial charge in [-0.1, -0.05) is 125 Å². The molecule has 0 radical (unpaired) electrons. The topological polar surface area (TPSA) is 158 Å². The fourth-order valence-corrected chi connectivity index (χ4v) is 11.5. The van der Waals surface area contributed by atoms with Crippen molar-refractivity contribution in [3.63, 3.8) is 0 Å². The van der Waals surface area contributed by atoms with E-state index in [0.29, 0.717) is 43.0 Å². The highest BCUT2D eigenvalue weighted by Gasteiger charge is 2.39. The number of halogens is 5. The number of benzene rings is 6. The maximum Gasteiger partial charge on any atom is 0.417 e. The molecule has 6 aromatic carbocycles. The number of carboxylic acids is 2. The van der Waals surface area contributed by atoms with Crippen LogP contribution in [0.15, 0.2) is 149 Å². The average molecular weight is 1060 g/mol. The number of nitrogens with one attached hydrogen (secondary N) is 1. The van der Waals surface area contributed by atoms with Crippen molar-refractivity contribution in [2.75, 3.05) is 28.5 Å². The van der Waals surface area contributed by atoms with Crippen molar-refractivity contribution >= 4 is 43.2 Å². The number of unbranched alkanes of at least 4 members (excludes halogenated alkanes) is 8. The highest BCUT2D eigenvalue weighted by Crippen LogP contribution is 2.37. The van der Waals surface area contributed by atoms with Gasteiger partial charge in [-0.05, 0) is 128 Å². The van der Waals surface area contributed by atoms with Crippen molar-refractivity contribution in [3.05, 3.63) is 190 Å². The molecule has 0 aliphatic rings. The zero-order valence-electron chi connectivity index (χ0n) is 41.3. The molecule has 10 nitrogen and oxygen atoms in total. The Kier molecular flexibility index (Phi) is 22.2. The van der Waals surface area contributed by atoms with Gasteiger partial charge in [-0.2, -0.15) is 13.2 Å². The van der Waals surface area contributed by atoms with Crippen molar-refractivity contribution in [1.29, 1.82) is 0 Å². The molecule has 6 aromatic rings. The van der Waals surface area contributed by atoms with Gasteiger partial charge in [0.25, 0.3) is 10.0 Å². The van der Waals surface area contributed by atoms with Gasteiger partial charge in [-0.25, -0.2) is 35.2 Å². The van der Waals surface area contributed by atoms with E-state index in [9.17, 15) is 48.4 Å². The minimum Gasteiger partial charge on any atom is -0.478 e. The summed E-state index contributed by atoms with van der Waals surface area (Å²) < 4.78 is 121. The Morgan fingerprint density at radius 2 is 1.09 bits per heavy atom. The largest absolute Gasteiger partial charge is 0.478 e. The van der Waals surface area contributed by atoms with E-state index in [1.165, 1.54) is 29.8 Å². The van der Waals surface area contributed by atoms with Crippen LogP contribution >= 0.6 is 0 Å². The van der Waals surface area contributed by atoms with Gasteiger partial charge >= 0.3 is 18.1 Å². The van der Waals surface area contributed by atoms with Crippen molar-refractivity contribution in [2.45, 2.75) is 113 Å². The van der Waals surface area contributed by atoms with Crippen LogP contribution in [0.25, 0.3) is 0 Å². The number of sulfonamides is 1. The van der Waals surface area contributed by atoms with E-state index >= 15 is 0 Å². The fraction of sp³-hybridized carbons (Fsp3) is 0.333. The molecule has 0 aliphatic heterocycles. The second-order valence-electron chi connectivity index (χ2n) is 17.9. The molecule has 0 fully saturated rings. The minimum absolute atomic E-state index is 0.0581. The predicted molar refractivity (Wildman–Crippen MR) is 279 cm³/mol. The van der Waals surface area contributed by atoms with E-state index in [2.05, 4.69) is 18.3 Å². The van der Waals surface area contributed by atoms with Crippen LogP contribution < -0.4 is 9.62 Å². The number of aryl methyl sites for hydroxylation is 4. The minimum atomic E-state index is -4.82. The molecule has 17 heteroatoms. The third kappa shape index (κ3) is 17.5. The summed E-state index contributed by atoms with van der Waals surface area (Å²) in [5.74, 6) is -3.95. The predicted octanol–water partition coefficient (Wildman–Crippen LogP) is 13.6. The molecule has 0 saturated carbocycles. The van der Waals surface area contributed by atoms with Gasteiger partial charge in [-0.3, -0.25) is 4.31 Å². The summed E-state index contributed by atoms with van der Waals surface area (Å²) in [5, 5.41) is 21.6. The van der Waals surface area contributed by atoms with E-state index in [1.807, 2.05) is 30.3 Å². The number of aromatic carboxylic acids is 2. The number of anilines is 2. The standard InChI is InChI=1S/C29H32F3NO4S.C28H31F2NO4S/c1-2-3-4-5-10-21-33(38(36,37)27-14-9-7-12-25(27)29(30,31)32)26-13-8-6-11-23(26)18-15-22-16-19-24(20-17-22)28(34)35;29-24-16-17-27(25(30)20-24)36(34,35)19-7-3-1-2-6-18-31-26-9-5-4-8-22(26)13-10-21-11-14-23(15-12-21)28(32)33/h6-9,11-14,16-17,19-20H,2-5,10,15,18,21H2,1H3,(H,34,35);4-5,8-9,11-12,14-17,20,31H,1-3,6-7,10,13,18-19H2,(H,32,33). The van der Waals surface area contributed by atoms with Gasteiger partial charge in [-0.15, -0.1) is 0 Å². The maximum atomic E-state index is 13.8. The van der Waals surface area contributed by atoms with Crippen LogP contribution in [0.5, 0.6) is 0 Å². The quantitative estimate of drug-likeness (QED) is 0.0259. The van der Waals surface area contributed by atoms with Gasteiger partial charge in [0, 0.05) is 24.8 Å². The number of rotatable bonds is 27. The Morgan fingerprint density at radius 1 is 0.568 bits per heavy atom. The molecule has 6 rings (SSSR count). The fourth-order valence-electron chi connectivity index (χ4n) is 8.34. The van der Waals surface area contributed by atoms with Crippen molar-refractivity contribution < 1.29 is 58.6 Å². The summed E-state index contributed by atoms with van der Waals surface area (Å²) in [7, 11) is -8.29. The summed E-state index contributed by atoms with van der Waals surface area (Å²) in [6.07, 6.45) is 5.85. The summed E-state index contributed by atoms with van der Waals surface area (Å²) >= 11 is 0. The first-order valence-electron chi connectivity index (χ1n) is 24.7. The van der Waals surface area contributed by atoms with E-state index in [0.717, 1.165) is 116 Å². The molecule has 0 saturated heterocycles. The first-order chi connectivity index (χ1) is 35.3. The van der Waals surface area contributed by atoms with E-state index in [-0.39, 0.29) is 23.4 Å². The monoisotopic (exact) mass is 1060 g/mol. The Hall–Kier alpha value is -6.59. The number of hydrogen-bond donors (Lipinski definition) is 3. The number of sulfone groups is 1. The lowest BCUT2D eigenvalue weighted by molar-refractivity contribution is -0.139. The molecular weight excluding hydrogens is 1000 g/mol. The zero-order chi connectivity index (χ0) is 53.7. The number of alkyl halides is 3. The first kappa shape index (κ1) is 58.3. The number of nitrogens with zero attached hydrogens (tertiary/aromatic N) is 1. The molecule has 0 aliphatic carbocycles.